The van der Waals surface area contributed by atoms with Crippen LogP contribution in [0, 0.1) is 5.92 Å². The number of anilines is 1. The van der Waals surface area contributed by atoms with E-state index in [1.807, 2.05) is 15.6 Å². The summed E-state index contributed by atoms with van der Waals surface area (Å²) in [6.45, 7) is 4.12. The summed E-state index contributed by atoms with van der Waals surface area (Å²) in [5.41, 5.74) is 12.1. The number of carbonyl (C=O) groups excluding carboxylic acids is 1. The molecule has 7 nitrogen and oxygen atoms in total. The van der Waals surface area contributed by atoms with Gasteiger partial charge in [0.25, 0.3) is 0 Å². The first kappa shape index (κ1) is 20.7. The van der Waals surface area contributed by atoms with Gasteiger partial charge in [-0.2, -0.15) is 5.10 Å². The molecule has 0 spiro atoms. The van der Waals surface area contributed by atoms with Crippen molar-refractivity contribution in [3.8, 4) is 11.1 Å². The van der Waals surface area contributed by atoms with Gasteiger partial charge in [-0.25, -0.2) is 4.52 Å². The predicted molar refractivity (Wildman–Crippen MR) is 128 cm³/mol. The van der Waals surface area contributed by atoms with Crippen molar-refractivity contribution in [1.29, 1.82) is 0 Å². The Morgan fingerprint density at radius 3 is 2.52 bits per heavy atom. The highest BCUT2D eigenvalue weighted by Gasteiger charge is 2.34. The minimum atomic E-state index is -0.0756. The van der Waals surface area contributed by atoms with Gasteiger partial charge in [-0.05, 0) is 48.9 Å². The number of benzene rings is 1. The van der Waals surface area contributed by atoms with Gasteiger partial charge < -0.3 is 20.3 Å². The fraction of sp³-hybridized carbons (Fsp3) is 0.462. The van der Waals surface area contributed by atoms with Gasteiger partial charge in [0, 0.05) is 56.7 Å². The van der Waals surface area contributed by atoms with Gasteiger partial charge in [-0.3, -0.25) is 4.79 Å². The van der Waals surface area contributed by atoms with Crippen molar-refractivity contribution < 1.29 is 9.53 Å². The number of piperazine rings is 1. The van der Waals surface area contributed by atoms with Crippen LogP contribution in [0.15, 0.2) is 48.8 Å². The first-order valence-corrected chi connectivity index (χ1v) is 12.2. The summed E-state index contributed by atoms with van der Waals surface area (Å²) in [5, 5.41) is 4.54. The minimum Gasteiger partial charge on any atom is -0.376 e. The number of ether oxygens (including phenoxy) is 1. The number of rotatable bonds is 5. The van der Waals surface area contributed by atoms with Crippen LogP contribution in [0.1, 0.15) is 37.3 Å². The minimum absolute atomic E-state index is 0.0756. The lowest BCUT2D eigenvalue weighted by Crippen LogP contribution is -2.49. The summed E-state index contributed by atoms with van der Waals surface area (Å²) in [5.74, 6) is 0.645. The molecule has 3 aromatic rings. The number of nitrogens with two attached hydrogens (primary N) is 1. The second kappa shape index (κ2) is 8.47. The molecule has 2 unspecified atom stereocenters. The van der Waals surface area contributed by atoms with Crippen LogP contribution in [-0.4, -0.2) is 59.3 Å². The maximum absolute atomic E-state index is 12.4. The van der Waals surface area contributed by atoms with Crippen molar-refractivity contribution >= 4 is 17.1 Å². The summed E-state index contributed by atoms with van der Waals surface area (Å²) < 4.78 is 7.72. The third-order valence-corrected chi connectivity index (χ3v) is 7.34. The number of amides is 1. The molecule has 0 bridgehead atoms. The van der Waals surface area contributed by atoms with E-state index in [0.717, 1.165) is 80.7 Å². The molecule has 172 valence electrons. The molecular weight excluding hydrogens is 414 g/mol. The fourth-order valence-electron chi connectivity index (χ4n) is 5.18. The van der Waals surface area contributed by atoms with Gasteiger partial charge in [0.2, 0.25) is 5.91 Å². The lowest BCUT2D eigenvalue weighted by atomic mass is 9.98. The van der Waals surface area contributed by atoms with E-state index >= 15 is 0 Å². The number of aromatic nitrogens is 2. The second-order valence-electron chi connectivity index (χ2n) is 9.56. The van der Waals surface area contributed by atoms with Crippen LogP contribution in [0.4, 0.5) is 5.69 Å². The van der Waals surface area contributed by atoms with Crippen LogP contribution < -0.4 is 10.6 Å². The monoisotopic (exact) mass is 445 g/mol. The van der Waals surface area contributed by atoms with Gasteiger partial charge in [0.05, 0.1) is 23.3 Å². The van der Waals surface area contributed by atoms with E-state index in [4.69, 9.17) is 10.5 Å². The third-order valence-electron chi connectivity index (χ3n) is 7.34. The lowest BCUT2D eigenvalue weighted by Gasteiger charge is -2.36. The molecule has 1 saturated carbocycles. The molecule has 7 heteroatoms. The Hall–Kier alpha value is -2.90. The van der Waals surface area contributed by atoms with Crippen molar-refractivity contribution in [2.24, 2.45) is 11.7 Å². The summed E-state index contributed by atoms with van der Waals surface area (Å²) in [4.78, 5) is 16.8. The van der Waals surface area contributed by atoms with Crippen LogP contribution in [-0.2, 0) is 9.53 Å². The van der Waals surface area contributed by atoms with Crippen molar-refractivity contribution in [2.45, 2.75) is 37.8 Å². The molecular formula is C26H31N5O2. The quantitative estimate of drug-likeness (QED) is 0.653. The van der Waals surface area contributed by atoms with Crippen LogP contribution in [0.3, 0.4) is 0 Å². The largest absolute Gasteiger partial charge is 0.376 e. The van der Waals surface area contributed by atoms with Crippen molar-refractivity contribution in [2.75, 3.05) is 37.7 Å². The normalized spacial score (nSPS) is 22.2. The molecule has 0 radical (unpaired) electrons. The lowest BCUT2D eigenvalue weighted by molar-refractivity contribution is -0.132. The van der Waals surface area contributed by atoms with Gasteiger partial charge in [0.1, 0.15) is 0 Å². The van der Waals surface area contributed by atoms with Gasteiger partial charge in [0.15, 0.2) is 0 Å². The zero-order valence-corrected chi connectivity index (χ0v) is 18.9. The molecule has 1 aliphatic carbocycles. The molecule has 1 aromatic carbocycles. The summed E-state index contributed by atoms with van der Waals surface area (Å²) in [7, 11) is 0. The summed E-state index contributed by atoms with van der Waals surface area (Å²) >= 11 is 0. The highest BCUT2D eigenvalue weighted by Crippen LogP contribution is 2.33. The predicted octanol–water partition coefficient (Wildman–Crippen LogP) is 3.24. The van der Waals surface area contributed by atoms with E-state index in [9.17, 15) is 4.79 Å². The molecule has 2 aromatic heterocycles. The Bertz CT molecular complexity index is 1140. The number of carbonyl (C=O) groups is 1. The van der Waals surface area contributed by atoms with Gasteiger partial charge in [-0.1, -0.05) is 24.3 Å². The smallest absolute Gasteiger partial charge is 0.225 e. The number of fused-ring (bicyclic) bond motifs is 1. The van der Waals surface area contributed by atoms with E-state index < -0.39 is 0 Å². The Morgan fingerprint density at radius 2 is 1.82 bits per heavy atom. The van der Waals surface area contributed by atoms with E-state index in [0.29, 0.717) is 11.8 Å². The molecule has 3 aliphatic rings. The fourth-order valence-corrected chi connectivity index (χ4v) is 5.18. The molecule has 33 heavy (non-hydrogen) atoms. The SMILES string of the molecule is NC(c1ccc(-c2cc3c(N4CCN(C(=O)C5CC5)CC4)ccnn3c2)cc1)C1CCCO1. The summed E-state index contributed by atoms with van der Waals surface area (Å²) in [6.07, 6.45) is 8.33. The molecule has 1 amide bonds. The second-order valence-corrected chi connectivity index (χ2v) is 9.56. The molecule has 2 saturated heterocycles. The zero-order chi connectivity index (χ0) is 22.4. The van der Waals surface area contributed by atoms with Gasteiger partial charge in [-0.15, -0.1) is 0 Å². The molecule has 2 aliphatic heterocycles. The first-order valence-electron chi connectivity index (χ1n) is 12.2. The average molecular weight is 446 g/mol. The maximum Gasteiger partial charge on any atom is 0.225 e. The van der Waals surface area contributed by atoms with Crippen LogP contribution in [0.5, 0.6) is 0 Å². The topological polar surface area (TPSA) is 76.1 Å². The Morgan fingerprint density at radius 1 is 1.03 bits per heavy atom. The third kappa shape index (κ3) is 4.00. The van der Waals surface area contributed by atoms with E-state index in [1.165, 1.54) is 5.69 Å². The Labute approximate surface area is 194 Å². The Kier molecular flexibility index (Phi) is 5.31. The Balaban J connectivity index is 1.20. The van der Waals surface area contributed by atoms with E-state index in [-0.39, 0.29) is 12.1 Å². The average Bonchev–Trinajstić information content (AvgIpc) is 3.38. The van der Waals surface area contributed by atoms with E-state index in [1.54, 1.807) is 0 Å². The first-order chi connectivity index (χ1) is 16.2. The maximum atomic E-state index is 12.4. The van der Waals surface area contributed by atoms with Crippen LogP contribution in [0.2, 0.25) is 0 Å². The van der Waals surface area contributed by atoms with Gasteiger partial charge >= 0.3 is 0 Å². The molecule has 2 N–H and O–H groups in total. The molecule has 4 heterocycles. The van der Waals surface area contributed by atoms with Crippen molar-refractivity contribution in [3.05, 3.63) is 54.4 Å². The van der Waals surface area contributed by atoms with Crippen molar-refractivity contribution in [1.82, 2.24) is 14.5 Å². The standard InChI is InChI=1S/C26H31N5O2/c27-25(24-2-1-15-33-24)19-5-3-18(4-6-19)21-16-23-22(9-10-28-31(23)17-21)29-11-13-30(14-12-29)26(32)20-7-8-20/h3-6,9-10,16-17,20,24-25H,1-2,7-8,11-15,27H2. The summed E-state index contributed by atoms with van der Waals surface area (Å²) in [6, 6.07) is 12.7. The van der Waals surface area contributed by atoms with E-state index in [2.05, 4.69) is 52.6 Å². The number of hydrogen-bond acceptors (Lipinski definition) is 5. The molecule has 2 atom stereocenters. The van der Waals surface area contributed by atoms with Crippen LogP contribution in [0.25, 0.3) is 16.6 Å². The zero-order valence-electron chi connectivity index (χ0n) is 18.9. The number of nitrogens with zero attached hydrogens (tertiary/aromatic N) is 4. The van der Waals surface area contributed by atoms with Crippen molar-refractivity contribution in [3.63, 3.8) is 0 Å². The highest BCUT2D eigenvalue weighted by molar-refractivity contribution is 5.82. The highest BCUT2D eigenvalue weighted by atomic mass is 16.5. The molecule has 3 fully saturated rings. The molecule has 6 rings (SSSR count). The number of hydrogen-bond donors (Lipinski definition) is 1. The van der Waals surface area contributed by atoms with Crippen LogP contribution >= 0.6 is 0 Å².